The lowest BCUT2D eigenvalue weighted by Gasteiger charge is -2.34. The highest BCUT2D eigenvalue weighted by atomic mass is 35.5. The molecule has 1 N–H and O–H groups in total. The molecule has 3 rings (SSSR count). The number of carbonyl (C=O) groups is 1. The third-order valence-electron chi connectivity index (χ3n) is 4.65. The molecule has 0 atom stereocenters. The van der Waals surface area contributed by atoms with Gasteiger partial charge in [0.1, 0.15) is 12.4 Å². The Morgan fingerprint density at radius 1 is 1.03 bits per heavy atom. The van der Waals surface area contributed by atoms with Crippen molar-refractivity contribution in [2.75, 3.05) is 39.3 Å². The molecule has 0 radical (unpaired) electrons. The summed E-state index contributed by atoms with van der Waals surface area (Å²) >= 11 is 5.83. The normalized spacial score (nSPS) is 15.2. The van der Waals surface area contributed by atoms with Gasteiger partial charge in [0, 0.05) is 31.2 Å². The lowest BCUT2D eigenvalue weighted by Crippen LogP contribution is -2.53. The predicted octanol–water partition coefficient (Wildman–Crippen LogP) is 2.74. The van der Waals surface area contributed by atoms with E-state index in [0.717, 1.165) is 11.3 Å². The molecule has 156 valence electrons. The number of carbonyl (C=O) groups excluding carboxylic acids is 1. The van der Waals surface area contributed by atoms with Gasteiger partial charge in [-0.2, -0.15) is 4.31 Å². The van der Waals surface area contributed by atoms with Crippen LogP contribution >= 0.6 is 11.6 Å². The van der Waals surface area contributed by atoms with Crippen molar-refractivity contribution in [1.82, 2.24) is 14.5 Å². The van der Waals surface area contributed by atoms with E-state index in [-0.39, 0.29) is 24.0 Å². The molecule has 9 heteroatoms. The number of benzene rings is 2. The lowest BCUT2D eigenvalue weighted by molar-refractivity contribution is 0.170. The van der Waals surface area contributed by atoms with Crippen molar-refractivity contribution >= 4 is 27.7 Å². The van der Waals surface area contributed by atoms with Crippen LogP contribution in [0.1, 0.15) is 5.56 Å². The monoisotopic (exact) mass is 437 g/mol. The van der Waals surface area contributed by atoms with Crippen molar-refractivity contribution in [2.45, 2.75) is 11.8 Å². The van der Waals surface area contributed by atoms with Gasteiger partial charge in [0.05, 0.1) is 11.4 Å². The Bertz CT molecular complexity index is 925. The van der Waals surface area contributed by atoms with Crippen molar-refractivity contribution in [3.63, 3.8) is 0 Å². The highest BCUT2D eigenvalue weighted by molar-refractivity contribution is 7.89. The lowest BCUT2D eigenvalue weighted by atomic mass is 10.2. The summed E-state index contributed by atoms with van der Waals surface area (Å²) in [5, 5.41) is 3.29. The summed E-state index contributed by atoms with van der Waals surface area (Å²) in [4.78, 5) is 14.1. The summed E-state index contributed by atoms with van der Waals surface area (Å²) in [7, 11) is -3.59. The smallest absolute Gasteiger partial charge is 0.317 e. The van der Waals surface area contributed by atoms with E-state index in [1.165, 1.54) is 16.4 Å². The highest BCUT2D eigenvalue weighted by Crippen LogP contribution is 2.20. The summed E-state index contributed by atoms with van der Waals surface area (Å²) < 4.78 is 32.4. The van der Waals surface area contributed by atoms with Gasteiger partial charge in [0.15, 0.2) is 0 Å². The molecular formula is C20H24ClN3O4S. The van der Waals surface area contributed by atoms with Crippen LogP contribution in [0.15, 0.2) is 53.4 Å². The quantitative estimate of drug-likeness (QED) is 0.705. The Morgan fingerprint density at radius 2 is 1.66 bits per heavy atom. The molecule has 0 saturated carbocycles. The minimum absolute atomic E-state index is 0.202. The highest BCUT2D eigenvalue weighted by Gasteiger charge is 2.29. The van der Waals surface area contributed by atoms with E-state index in [4.69, 9.17) is 16.3 Å². The number of halogens is 1. The van der Waals surface area contributed by atoms with Crippen LogP contribution in [0.3, 0.4) is 0 Å². The number of piperazine rings is 1. The molecule has 29 heavy (non-hydrogen) atoms. The number of urea groups is 1. The van der Waals surface area contributed by atoms with Gasteiger partial charge in [0.2, 0.25) is 10.0 Å². The Balaban J connectivity index is 1.43. The van der Waals surface area contributed by atoms with Gasteiger partial charge >= 0.3 is 6.03 Å². The number of aryl methyl sites for hydroxylation is 1. The van der Waals surface area contributed by atoms with Crippen LogP contribution in [-0.2, 0) is 10.0 Å². The second kappa shape index (κ2) is 9.47. The molecule has 7 nitrogen and oxygen atoms in total. The molecule has 1 heterocycles. The average Bonchev–Trinajstić information content (AvgIpc) is 2.73. The maximum absolute atomic E-state index is 12.7. The summed E-state index contributed by atoms with van der Waals surface area (Å²) in [5.74, 6) is 0.755. The van der Waals surface area contributed by atoms with E-state index in [1.807, 2.05) is 31.2 Å². The van der Waals surface area contributed by atoms with Crippen LogP contribution < -0.4 is 10.1 Å². The first-order chi connectivity index (χ1) is 13.9. The molecule has 2 aromatic carbocycles. The van der Waals surface area contributed by atoms with Crippen molar-refractivity contribution in [3.05, 3.63) is 59.1 Å². The molecule has 0 aliphatic carbocycles. The molecule has 0 unspecified atom stereocenters. The number of sulfonamides is 1. The largest absolute Gasteiger partial charge is 0.492 e. The van der Waals surface area contributed by atoms with Gasteiger partial charge in [-0.15, -0.1) is 0 Å². The number of hydrogen-bond donors (Lipinski definition) is 1. The molecule has 0 bridgehead atoms. The second-order valence-electron chi connectivity index (χ2n) is 6.74. The van der Waals surface area contributed by atoms with Crippen LogP contribution in [0, 0.1) is 6.92 Å². The molecule has 0 spiro atoms. The fourth-order valence-corrected chi connectivity index (χ4v) is 4.51. The van der Waals surface area contributed by atoms with Gasteiger partial charge < -0.3 is 15.0 Å². The molecule has 2 aromatic rings. The Kier molecular flexibility index (Phi) is 7.00. The molecule has 0 aromatic heterocycles. The summed E-state index contributed by atoms with van der Waals surface area (Å²) in [6, 6.07) is 13.6. The third-order valence-corrected chi connectivity index (χ3v) is 6.81. The molecule has 1 saturated heterocycles. The van der Waals surface area contributed by atoms with Crippen molar-refractivity contribution in [3.8, 4) is 5.75 Å². The fraction of sp³-hybridized carbons (Fsp3) is 0.350. The topological polar surface area (TPSA) is 79.0 Å². The van der Waals surface area contributed by atoms with Crippen molar-refractivity contribution in [1.29, 1.82) is 0 Å². The molecule has 1 aliphatic rings. The van der Waals surface area contributed by atoms with Crippen LogP contribution in [0.5, 0.6) is 5.75 Å². The Morgan fingerprint density at radius 3 is 2.28 bits per heavy atom. The average molecular weight is 438 g/mol. The van der Waals surface area contributed by atoms with Crippen LogP contribution in [0.25, 0.3) is 0 Å². The Labute approximate surface area is 176 Å². The van der Waals surface area contributed by atoms with Crippen LogP contribution in [0.4, 0.5) is 4.79 Å². The number of ether oxygens (including phenoxy) is 1. The zero-order valence-corrected chi connectivity index (χ0v) is 17.7. The number of nitrogens with zero attached hydrogens (tertiary/aromatic N) is 2. The van der Waals surface area contributed by atoms with E-state index in [1.54, 1.807) is 17.0 Å². The van der Waals surface area contributed by atoms with E-state index in [9.17, 15) is 13.2 Å². The minimum atomic E-state index is -3.59. The number of rotatable bonds is 6. The standard InChI is InChI=1S/C20H24ClN3O4S/c1-16-2-6-18(7-3-16)28-15-10-22-20(25)23-11-13-24(14-12-23)29(26,27)19-8-4-17(21)5-9-19/h2-9H,10-15H2,1H3,(H,22,25). The van der Waals surface area contributed by atoms with Gasteiger partial charge in [-0.3, -0.25) is 0 Å². The van der Waals surface area contributed by atoms with Crippen LogP contribution in [0.2, 0.25) is 5.02 Å². The predicted molar refractivity (Wildman–Crippen MR) is 112 cm³/mol. The first-order valence-electron chi connectivity index (χ1n) is 9.34. The fourth-order valence-electron chi connectivity index (χ4n) is 2.96. The van der Waals surface area contributed by atoms with Gasteiger partial charge in [-0.1, -0.05) is 29.3 Å². The Hall–Kier alpha value is -2.29. The van der Waals surface area contributed by atoms with E-state index >= 15 is 0 Å². The first-order valence-corrected chi connectivity index (χ1v) is 11.2. The van der Waals surface area contributed by atoms with Gasteiger partial charge in [0.25, 0.3) is 0 Å². The third kappa shape index (κ3) is 5.62. The number of nitrogens with one attached hydrogen (secondary N) is 1. The summed E-state index contributed by atoms with van der Waals surface area (Å²) in [6.45, 7) is 3.89. The minimum Gasteiger partial charge on any atom is -0.492 e. The summed E-state index contributed by atoms with van der Waals surface area (Å²) in [6.07, 6.45) is 0. The van der Waals surface area contributed by atoms with Crippen molar-refractivity contribution < 1.29 is 17.9 Å². The number of amides is 2. The zero-order chi connectivity index (χ0) is 20.9. The van der Waals surface area contributed by atoms with E-state index in [2.05, 4.69) is 5.32 Å². The van der Waals surface area contributed by atoms with Crippen LogP contribution in [-0.4, -0.2) is 63.0 Å². The molecular weight excluding hydrogens is 414 g/mol. The first kappa shape index (κ1) is 21.4. The van der Waals surface area contributed by atoms with Crippen molar-refractivity contribution in [2.24, 2.45) is 0 Å². The maximum Gasteiger partial charge on any atom is 0.317 e. The molecule has 2 amide bonds. The zero-order valence-electron chi connectivity index (χ0n) is 16.2. The second-order valence-corrected chi connectivity index (χ2v) is 9.11. The SMILES string of the molecule is Cc1ccc(OCCNC(=O)N2CCN(S(=O)(=O)c3ccc(Cl)cc3)CC2)cc1. The van der Waals surface area contributed by atoms with E-state index < -0.39 is 10.0 Å². The number of hydrogen-bond acceptors (Lipinski definition) is 4. The van der Waals surface area contributed by atoms with Gasteiger partial charge in [-0.05, 0) is 43.3 Å². The molecule has 1 fully saturated rings. The van der Waals surface area contributed by atoms with Gasteiger partial charge in [-0.25, -0.2) is 13.2 Å². The molecule has 1 aliphatic heterocycles. The maximum atomic E-state index is 12.7. The van der Waals surface area contributed by atoms with E-state index in [0.29, 0.717) is 31.3 Å². The summed E-state index contributed by atoms with van der Waals surface area (Å²) in [5.41, 5.74) is 1.16.